The van der Waals surface area contributed by atoms with Crippen LogP contribution < -0.4 is 5.73 Å². The van der Waals surface area contributed by atoms with Crippen LogP contribution in [0.4, 0.5) is 0 Å². The van der Waals surface area contributed by atoms with Gasteiger partial charge in [-0.05, 0) is 30.0 Å². The molecule has 0 heterocycles. The van der Waals surface area contributed by atoms with E-state index in [0.717, 1.165) is 10.8 Å². The van der Waals surface area contributed by atoms with Crippen molar-refractivity contribution in [3.8, 4) is 0 Å². The van der Waals surface area contributed by atoms with E-state index in [0.29, 0.717) is 12.5 Å². The van der Waals surface area contributed by atoms with Gasteiger partial charge in [-0.15, -0.1) is 0 Å². The Kier molecular flexibility index (Phi) is 3.92. The molecule has 1 unspecified atom stereocenters. The molecule has 0 bridgehead atoms. The van der Waals surface area contributed by atoms with Crippen molar-refractivity contribution in [3.05, 3.63) is 34.9 Å². The molecule has 0 aliphatic rings. The molecule has 66 valence electrons. The second-order valence-corrected chi connectivity index (χ2v) is 3.47. The van der Waals surface area contributed by atoms with Gasteiger partial charge >= 0.3 is 0 Å². The van der Waals surface area contributed by atoms with Crippen molar-refractivity contribution in [1.82, 2.24) is 0 Å². The first-order valence-electron chi connectivity index (χ1n) is 3.84. The summed E-state index contributed by atoms with van der Waals surface area (Å²) in [5, 5.41) is 0.757. The zero-order valence-corrected chi connectivity index (χ0v) is 8.35. The van der Waals surface area contributed by atoms with Gasteiger partial charge in [0.1, 0.15) is 0 Å². The second-order valence-electron chi connectivity index (χ2n) is 2.67. The van der Waals surface area contributed by atoms with Crippen LogP contribution in [0.15, 0.2) is 24.3 Å². The molecule has 1 atom stereocenters. The monoisotopic (exact) mass is 201 g/mol. The summed E-state index contributed by atoms with van der Waals surface area (Å²) in [6.45, 7) is 0.615. The van der Waals surface area contributed by atoms with E-state index in [2.05, 4.69) is 12.6 Å². The summed E-state index contributed by atoms with van der Waals surface area (Å²) in [5.41, 5.74) is 6.74. The number of nitrogens with two attached hydrogens (primary N) is 1. The highest BCUT2D eigenvalue weighted by Gasteiger charge is 2.06. The molecule has 0 amide bonds. The summed E-state index contributed by atoms with van der Waals surface area (Å²) in [4.78, 5) is 0. The van der Waals surface area contributed by atoms with Crippen molar-refractivity contribution in [2.45, 2.75) is 5.92 Å². The number of thiol groups is 1. The molecule has 0 radical (unpaired) electrons. The molecule has 0 saturated heterocycles. The minimum atomic E-state index is 0.312. The Bertz CT molecular complexity index is 248. The minimum absolute atomic E-state index is 0.312. The molecule has 1 aromatic carbocycles. The first-order chi connectivity index (χ1) is 5.77. The van der Waals surface area contributed by atoms with Crippen LogP contribution in [0.5, 0.6) is 0 Å². The predicted octanol–water partition coefficient (Wildman–Crippen LogP) is 2.31. The zero-order valence-electron chi connectivity index (χ0n) is 6.70. The van der Waals surface area contributed by atoms with E-state index in [1.807, 2.05) is 24.3 Å². The largest absolute Gasteiger partial charge is 0.330 e. The lowest BCUT2D eigenvalue weighted by atomic mass is 10.0. The van der Waals surface area contributed by atoms with E-state index in [9.17, 15) is 0 Å². The first kappa shape index (κ1) is 9.90. The molecule has 1 rings (SSSR count). The molecule has 0 aliphatic heterocycles. The number of hydrogen-bond acceptors (Lipinski definition) is 2. The van der Waals surface area contributed by atoms with Crippen LogP contribution in [-0.2, 0) is 0 Å². The van der Waals surface area contributed by atoms with E-state index in [1.54, 1.807) is 0 Å². The van der Waals surface area contributed by atoms with E-state index >= 15 is 0 Å². The fraction of sp³-hybridized carbons (Fsp3) is 0.333. The summed E-state index contributed by atoms with van der Waals surface area (Å²) in [5.74, 6) is 1.07. The maximum Gasteiger partial charge on any atom is 0.0408 e. The van der Waals surface area contributed by atoms with Crippen molar-refractivity contribution < 1.29 is 0 Å². The van der Waals surface area contributed by atoms with Gasteiger partial charge in [-0.3, -0.25) is 0 Å². The highest BCUT2D eigenvalue weighted by Crippen LogP contribution is 2.19. The van der Waals surface area contributed by atoms with Crippen LogP contribution in [0.2, 0.25) is 5.02 Å². The molecule has 2 N–H and O–H groups in total. The van der Waals surface area contributed by atoms with E-state index in [4.69, 9.17) is 17.3 Å². The highest BCUT2D eigenvalue weighted by atomic mass is 35.5. The quantitative estimate of drug-likeness (QED) is 0.722. The Labute approximate surface area is 83.3 Å². The number of hydrogen-bond donors (Lipinski definition) is 2. The predicted molar refractivity (Wildman–Crippen MR) is 57.1 cm³/mol. The molecule has 1 aromatic rings. The van der Waals surface area contributed by atoms with Crippen LogP contribution in [0.1, 0.15) is 11.5 Å². The molecular formula is C9H12ClNS. The molecule has 12 heavy (non-hydrogen) atoms. The molecular weight excluding hydrogens is 190 g/mol. The molecule has 0 saturated carbocycles. The normalized spacial score (nSPS) is 12.9. The van der Waals surface area contributed by atoms with Gasteiger partial charge in [-0.1, -0.05) is 23.7 Å². The molecule has 1 nitrogen and oxygen atoms in total. The van der Waals surface area contributed by atoms with Crippen LogP contribution in [0.25, 0.3) is 0 Å². The van der Waals surface area contributed by atoms with Crippen LogP contribution in [-0.4, -0.2) is 12.3 Å². The minimum Gasteiger partial charge on any atom is -0.330 e. The topological polar surface area (TPSA) is 26.0 Å². The average molecular weight is 202 g/mol. The van der Waals surface area contributed by atoms with Gasteiger partial charge in [-0.2, -0.15) is 12.6 Å². The van der Waals surface area contributed by atoms with Crippen molar-refractivity contribution in [2.75, 3.05) is 12.3 Å². The van der Waals surface area contributed by atoms with Crippen LogP contribution in [0.3, 0.4) is 0 Å². The van der Waals surface area contributed by atoms with E-state index in [1.165, 1.54) is 5.56 Å². The highest BCUT2D eigenvalue weighted by molar-refractivity contribution is 7.80. The fourth-order valence-corrected chi connectivity index (χ4v) is 1.64. The van der Waals surface area contributed by atoms with Crippen molar-refractivity contribution >= 4 is 24.2 Å². The lowest BCUT2D eigenvalue weighted by molar-refractivity contribution is 0.787. The average Bonchev–Trinajstić information content (AvgIpc) is 2.07. The Balaban J connectivity index is 2.85. The molecule has 0 aliphatic carbocycles. The number of benzene rings is 1. The van der Waals surface area contributed by atoms with Gasteiger partial charge in [0.2, 0.25) is 0 Å². The maximum absolute atomic E-state index is 5.84. The van der Waals surface area contributed by atoms with Crippen LogP contribution >= 0.6 is 24.2 Å². The lowest BCUT2D eigenvalue weighted by Gasteiger charge is -2.11. The zero-order chi connectivity index (χ0) is 8.97. The third kappa shape index (κ3) is 2.41. The smallest absolute Gasteiger partial charge is 0.0408 e. The Morgan fingerprint density at radius 1 is 1.50 bits per heavy atom. The second kappa shape index (κ2) is 4.75. The SMILES string of the molecule is NCC(CS)c1cccc(Cl)c1. The first-order valence-corrected chi connectivity index (χ1v) is 4.85. The summed E-state index contributed by atoms with van der Waals surface area (Å²) < 4.78 is 0. The molecule has 3 heteroatoms. The Morgan fingerprint density at radius 2 is 2.25 bits per heavy atom. The van der Waals surface area contributed by atoms with Gasteiger partial charge in [0.05, 0.1) is 0 Å². The Hall–Kier alpha value is -0.180. The third-order valence-electron chi connectivity index (χ3n) is 1.82. The molecule has 0 fully saturated rings. The van der Waals surface area contributed by atoms with Crippen molar-refractivity contribution in [2.24, 2.45) is 5.73 Å². The number of halogens is 1. The Morgan fingerprint density at radius 3 is 2.75 bits per heavy atom. The summed E-state index contributed by atoms with van der Waals surface area (Å²) in [7, 11) is 0. The van der Waals surface area contributed by atoms with E-state index in [-0.39, 0.29) is 0 Å². The summed E-state index contributed by atoms with van der Waals surface area (Å²) >= 11 is 10.1. The van der Waals surface area contributed by atoms with Crippen molar-refractivity contribution in [3.63, 3.8) is 0 Å². The molecule has 0 aromatic heterocycles. The van der Waals surface area contributed by atoms with Crippen LogP contribution in [0, 0.1) is 0 Å². The summed E-state index contributed by atoms with van der Waals surface area (Å²) in [6.07, 6.45) is 0. The van der Waals surface area contributed by atoms with Gasteiger partial charge in [-0.25, -0.2) is 0 Å². The van der Waals surface area contributed by atoms with Gasteiger partial charge in [0.25, 0.3) is 0 Å². The lowest BCUT2D eigenvalue weighted by Crippen LogP contribution is -2.13. The number of rotatable bonds is 3. The maximum atomic E-state index is 5.84. The van der Waals surface area contributed by atoms with Gasteiger partial charge < -0.3 is 5.73 Å². The van der Waals surface area contributed by atoms with Gasteiger partial charge in [0.15, 0.2) is 0 Å². The van der Waals surface area contributed by atoms with Crippen molar-refractivity contribution in [1.29, 1.82) is 0 Å². The fourth-order valence-electron chi connectivity index (χ4n) is 1.08. The standard InChI is InChI=1S/C9H12ClNS/c10-9-3-1-2-7(4-9)8(5-11)6-12/h1-4,8,12H,5-6,11H2. The van der Waals surface area contributed by atoms with E-state index < -0.39 is 0 Å². The van der Waals surface area contributed by atoms with Gasteiger partial charge in [0, 0.05) is 10.9 Å². The third-order valence-corrected chi connectivity index (χ3v) is 2.50. The molecule has 0 spiro atoms. The summed E-state index contributed by atoms with van der Waals surface area (Å²) in [6, 6.07) is 7.76.